The normalized spacial score (nSPS) is 13.8. The summed E-state index contributed by atoms with van der Waals surface area (Å²) >= 11 is 0. The maximum atomic E-state index is 2.41. The third kappa shape index (κ3) is 3.01. The number of fused-ring (bicyclic) bond motifs is 6. The minimum Gasteiger partial charge on any atom is -0.309 e. The van der Waals surface area contributed by atoms with Gasteiger partial charge in [-0.3, -0.25) is 0 Å². The van der Waals surface area contributed by atoms with E-state index in [1.54, 1.807) is 0 Å². The molecule has 0 fully saturated rings. The van der Waals surface area contributed by atoms with Crippen molar-refractivity contribution in [2.45, 2.75) is 25.7 Å². The Morgan fingerprint density at radius 1 is 0.543 bits per heavy atom. The lowest BCUT2D eigenvalue weighted by Gasteiger charge is -2.21. The zero-order valence-corrected chi connectivity index (χ0v) is 20.1. The summed E-state index contributed by atoms with van der Waals surface area (Å²) in [6, 6.07) is 42.4. The zero-order valence-electron chi connectivity index (χ0n) is 20.1. The summed E-state index contributed by atoms with van der Waals surface area (Å²) in [7, 11) is 0. The van der Waals surface area contributed by atoms with Crippen LogP contribution in [0.4, 0.5) is 0 Å². The molecule has 1 nitrogen and oxygen atoms in total. The Morgan fingerprint density at radius 2 is 1.11 bits per heavy atom. The van der Waals surface area contributed by atoms with Gasteiger partial charge in [-0.1, -0.05) is 105 Å². The van der Waals surface area contributed by atoms with Crippen LogP contribution in [0.25, 0.3) is 38.6 Å². The van der Waals surface area contributed by atoms with Gasteiger partial charge in [-0.2, -0.15) is 0 Å². The molecule has 0 amide bonds. The van der Waals surface area contributed by atoms with E-state index in [9.17, 15) is 0 Å². The highest BCUT2D eigenvalue weighted by Gasteiger charge is 2.34. The lowest BCUT2D eigenvalue weighted by Crippen LogP contribution is -2.14. The van der Waals surface area contributed by atoms with Gasteiger partial charge in [0.15, 0.2) is 0 Å². The van der Waals surface area contributed by atoms with Crippen LogP contribution in [-0.2, 0) is 11.8 Å². The summed E-state index contributed by atoms with van der Waals surface area (Å²) in [5, 5.41) is 2.60. The van der Waals surface area contributed by atoms with E-state index < -0.39 is 0 Å². The van der Waals surface area contributed by atoms with E-state index in [-0.39, 0.29) is 5.41 Å². The van der Waals surface area contributed by atoms with Crippen molar-refractivity contribution in [2.75, 3.05) is 0 Å². The van der Waals surface area contributed by atoms with Crippen LogP contribution in [0, 0.1) is 0 Å². The van der Waals surface area contributed by atoms with Gasteiger partial charge in [0.05, 0.1) is 11.0 Å². The first kappa shape index (κ1) is 20.3. The Morgan fingerprint density at radius 3 is 1.83 bits per heavy atom. The maximum Gasteiger partial charge on any atom is 0.0541 e. The Labute approximate surface area is 206 Å². The van der Waals surface area contributed by atoms with Crippen LogP contribution in [0.3, 0.4) is 0 Å². The van der Waals surface area contributed by atoms with Gasteiger partial charge < -0.3 is 4.57 Å². The molecule has 35 heavy (non-hydrogen) atoms. The van der Waals surface area contributed by atoms with Gasteiger partial charge >= 0.3 is 0 Å². The summed E-state index contributed by atoms with van der Waals surface area (Å²) in [6.45, 7) is 4.68. The van der Waals surface area contributed by atoms with Crippen LogP contribution in [0.1, 0.15) is 36.1 Å². The highest BCUT2D eigenvalue weighted by atomic mass is 15.0. The molecule has 0 radical (unpaired) electrons. The molecule has 1 aliphatic carbocycles. The van der Waals surface area contributed by atoms with Gasteiger partial charge in [0.25, 0.3) is 0 Å². The van der Waals surface area contributed by atoms with Crippen molar-refractivity contribution >= 4 is 21.8 Å². The summed E-state index contributed by atoms with van der Waals surface area (Å²) in [4.78, 5) is 0. The first-order chi connectivity index (χ1) is 17.1. The monoisotopic (exact) mass is 449 g/mol. The molecule has 0 N–H and O–H groups in total. The van der Waals surface area contributed by atoms with Crippen LogP contribution < -0.4 is 0 Å². The molecule has 6 aromatic rings. The quantitative estimate of drug-likeness (QED) is 0.255. The number of nitrogens with zero attached hydrogens (tertiary/aromatic N) is 1. The Kier molecular flexibility index (Phi) is 4.32. The fraction of sp³-hybridized carbons (Fsp3) is 0.118. The number of benzene rings is 5. The summed E-state index contributed by atoms with van der Waals surface area (Å²) in [5.74, 6) is 0. The fourth-order valence-corrected chi connectivity index (χ4v) is 6.08. The van der Waals surface area contributed by atoms with Gasteiger partial charge in [-0.05, 0) is 64.1 Å². The number of para-hydroxylation sites is 2. The predicted octanol–water partition coefficient (Wildman–Crippen LogP) is 8.68. The topological polar surface area (TPSA) is 4.93 Å². The van der Waals surface area contributed by atoms with E-state index in [1.165, 1.54) is 60.9 Å². The van der Waals surface area contributed by atoms with Crippen molar-refractivity contribution in [3.05, 3.63) is 138 Å². The number of hydrogen-bond acceptors (Lipinski definition) is 0. The smallest absolute Gasteiger partial charge is 0.0541 e. The van der Waals surface area contributed by atoms with Gasteiger partial charge in [-0.25, -0.2) is 0 Å². The second-order valence-electron chi connectivity index (χ2n) is 10.3. The Bertz CT molecular complexity index is 1680. The van der Waals surface area contributed by atoms with E-state index in [4.69, 9.17) is 0 Å². The number of rotatable bonds is 3. The number of hydrogen-bond donors (Lipinski definition) is 0. The van der Waals surface area contributed by atoms with Crippen molar-refractivity contribution in [1.29, 1.82) is 0 Å². The first-order valence-electron chi connectivity index (χ1n) is 12.4. The lowest BCUT2D eigenvalue weighted by molar-refractivity contribution is 0.660. The van der Waals surface area contributed by atoms with Crippen molar-refractivity contribution in [2.24, 2.45) is 0 Å². The SMILES string of the molecule is CC1(C)c2ccccc2-c2cc(Cc3ccc(-n4c5ccccc5c5ccccc54)cc3)ccc21. The van der Waals surface area contributed by atoms with Crippen LogP contribution in [0.5, 0.6) is 0 Å². The standard InChI is InChI=1S/C34H27N/c1-34(2)30-12-6-3-9-26(30)29-22-24(17-20-31(29)34)21-23-15-18-25(19-16-23)35-32-13-7-4-10-27(32)28-11-5-8-14-33(28)35/h3-20,22H,21H2,1-2H3. The molecule has 1 heterocycles. The van der Waals surface area contributed by atoms with Crippen molar-refractivity contribution in [3.8, 4) is 16.8 Å². The average molecular weight is 450 g/mol. The Balaban J connectivity index is 1.25. The molecular formula is C34H27N. The van der Waals surface area contributed by atoms with Gasteiger partial charge in [0.2, 0.25) is 0 Å². The summed E-state index contributed by atoms with van der Waals surface area (Å²) < 4.78 is 2.38. The van der Waals surface area contributed by atoms with Crippen molar-refractivity contribution in [3.63, 3.8) is 0 Å². The average Bonchev–Trinajstić information content (AvgIpc) is 3.34. The fourth-order valence-electron chi connectivity index (χ4n) is 6.08. The number of aromatic nitrogens is 1. The summed E-state index contributed by atoms with van der Waals surface area (Å²) in [6.07, 6.45) is 0.934. The predicted molar refractivity (Wildman–Crippen MR) is 148 cm³/mol. The third-order valence-corrected chi connectivity index (χ3v) is 7.83. The van der Waals surface area contributed by atoms with Crippen LogP contribution in [0.2, 0.25) is 0 Å². The van der Waals surface area contributed by atoms with Crippen LogP contribution >= 0.6 is 0 Å². The molecule has 1 heteroatoms. The molecule has 0 bridgehead atoms. The Hall–Kier alpha value is -4.10. The molecule has 0 atom stereocenters. The molecule has 0 saturated heterocycles. The van der Waals surface area contributed by atoms with Crippen LogP contribution in [-0.4, -0.2) is 4.57 Å². The van der Waals surface area contributed by atoms with E-state index in [0.29, 0.717) is 0 Å². The zero-order chi connectivity index (χ0) is 23.6. The van der Waals surface area contributed by atoms with E-state index in [1.807, 2.05) is 0 Å². The molecule has 0 saturated carbocycles. The minimum atomic E-state index is 0.0639. The molecule has 5 aromatic carbocycles. The van der Waals surface area contributed by atoms with Gasteiger partial charge in [0.1, 0.15) is 0 Å². The summed E-state index contributed by atoms with van der Waals surface area (Å²) in [5.41, 5.74) is 12.1. The highest BCUT2D eigenvalue weighted by Crippen LogP contribution is 2.48. The van der Waals surface area contributed by atoms with Crippen LogP contribution in [0.15, 0.2) is 115 Å². The van der Waals surface area contributed by atoms with E-state index >= 15 is 0 Å². The molecule has 0 spiro atoms. The van der Waals surface area contributed by atoms with Crippen molar-refractivity contribution in [1.82, 2.24) is 4.57 Å². The second-order valence-corrected chi connectivity index (χ2v) is 10.3. The molecule has 0 unspecified atom stereocenters. The molecule has 0 aliphatic heterocycles. The van der Waals surface area contributed by atoms with Gasteiger partial charge in [-0.15, -0.1) is 0 Å². The molecule has 7 rings (SSSR count). The lowest BCUT2D eigenvalue weighted by atomic mass is 9.82. The second kappa shape index (κ2) is 7.45. The maximum absolute atomic E-state index is 2.41. The molecular weight excluding hydrogens is 422 g/mol. The highest BCUT2D eigenvalue weighted by molar-refractivity contribution is 6.09. The van der Waals surface area contributed by atoms with E-state index in [2.05, 4.69) is 134 Å². The minimum absolute atomic E-state index is 0.0639. The third-order valence-electron chi connectivity index (χ3n) is 7.83. The molecule has 1 aromatic heterocycles. The largest absolute Gasteiger partial charge is 0.309 e. The van der Waals surface area contributed by atoms with Gasteiger partial charge in [0, 0.05) is 21.9 Å². The van der Waals surface area contributed by atoms with Crippen molar-refractivity contribution < 1.29 is 0 Å². The van der Waals surface area contributed by atoms with E-state index in [0.717, 1.165) is 6.42 Å². The molecule has 1 aliphatic rings. The molecule has 168 valence electrons. The first-order valence-corrected chi connectivity index (χ1v) is 12.4.